The van der Waals surface area contributed by atoms with Gasteiger partial charge in [0.05, 0.1) is 13.2 Å². The standard InChI is InChI=1S/C10H16O3/c1-8(10(11)12-2)5-6-9-4-3-7-13-9/h5,9H,3-4,6-7H2,1-2H3/b8-5+. The van der Waals surface area contributed by atoms with Crippen molar-refractivity contribution in [1.29, 1.82) is 0 Å². The average molecular weight is 184 g/mol. The van der Waals surface area contributed by atoms with Crippen LogP contribution in [0.15, 0.2) is 11.6 Å². The number of carbonyl (C=O) groups excluding carboxylic acids is 1. The number of hydrogen-bond donors (Lipinski definition) is 0. The first-order valence-electron chi connectivity index (χ1n) is 4.60. The Balaban J connectivity index is 2.33. The molecule has 0 radical (unpaired) electrons. The van der Waals surface area contributed by atoms with Crippen LogP contribution in [0.4, 0.5) is 0 Å². The van der Waals surface area contributed by atoms with Crippen LogP contribution < -0.4 is 0 Å². The number of esters is 1. The molecule has 1 atom stereocenters. The van der Waals surface area contributed by atoms with Crippen LogP contribution in [0.2, 0.25) is 0 Å². The SMILES string of the molecule is COC(=O)/C(C)=C/CC1CCCO1. The Bertz CT molecular complexity index is 202. The second-order valence-electron chi connectivity index (χ2n) is 3.25. The van der Waals surface area contributed by atoms with Gasteiger partial charge < -0.3 is 9.47 Å². The summed E-state index contributed by atoms with van der Waals surface area (Å²) in [6.07, 6.45) is 5.25. The quantitative estimate of drug-likeness (QED) is 0.494. The molecular weight excluding hydrogens is 168 g/mol. The van der Waals surface area contributed by atoms with Crippen LogP contribution in [0.3, 0.4) is 0 Å². The van der Waals surface area contributed by atoms with E-state index in [1.165, 1.54) is 7.11 Å². The van der Waals surface area contributed by atoms with E-state index in [0.717, 1.165) is 25.9 Å². The van der Waals surface area contributed by atoms with Crippen molar-refractivity contribution in [2.24, 2.45) is 0 Å². The summed E-state index contributed by atoms with van der Waals surface area (Å²) in [5.74, 6) is -0.252. The predicted octanol–water partition coefficient (Wildman–Crippen LogP) is 1.67. The highest BCUT2D eigenvalue weighted by molar-refractivity contribution is 5.87. The fourth-order valence-corrected chi connectivity index (χ4v) is 1.38. The van der Waals surface area contributed by atoms with E-state index >= 15 is 0 Å². The molecule has 0 bridgehead atoms. The molecule has 1 aliphatic rings. The van der Waals surface area contributed by atoms with Crippen LogP contribution in [-0.4, -0.2) is 25.8 Å². The molecule has 0 aromatic carbocycles. The van der Waals surface area contributed by atoms with Gasteiger partial charge >= 0.3 is 5.97 Å². The Morgan fingerprint density at radius 3 is 3.00 bits per heavy atom. The van der Waals surface area contributed by atoms with Gasteiger partial charge in [0.25, 0.3) is 0 Å². The number of ether oxygens (including phenoxy) is 2. The number of carbonyl (C=O) groups is 1. The molecule has 0 saturated carbocycles. The Morgan fingerprint density at radius 1 is 1.69 bits per heavy atom. The van der Waals surface area contributed by atoms with Gasteiger partial charge in [-0.3, -0.25) is 0 Å². The number of rotatable bonds is 3. The zero-order valence-corrected chi connectivity index (χ0v) is 8.21. The predicted molar refractivity (Wildman–Crippen MR) is 49.4 cm³/mol. The molecule has 1 heterocycles. The van der Waals surface area contributed by atoms with Crippen LogP contribution in [0.5, 0.6) is 0 Å². The minimum atomic E-state index is -0.252. The van der Waals surface area contributed by atoms with Crippen molar-refractivity contribution in [2.75, 3.05) is 13.7 Å². The lowest BCUT2D eigenvalue weighted by atomic mass is 10.1. The van der Waals surface area contributed by atoms with Gasteiger partial charge in [0, 0.05) is 12.2 Å². The van der Waals surface area contributed by atoms with E-state index in [1.54, 1.807) is 6.92 Å². The van der Waals surface area contributed by atoms with Crippen molar-refractivity contribution in [3.63, 3.8) is 0 Å². The molecule has 3 nitrogen and oxygen atoms in total. The Labute approximate surface area is 78.7 Å². The van der Waals surface area contributed by atoms with Crippen molar-refractivity contribution in [3.8, 4) is 0 Å². The van der Waals surface area contributed by atoms with E-state index in [-0.39, 0.29) is 5.97 Å². The first kappa shape index (κ1) is 10.3. The van der Waals surface area contributed by atoms with Crippen molar-refractivity contribution in [2.45, 2.75) is 32.3 Å². The van der Waals surface area contributed by atoms with Crippen LogP contribution >= 0.6 is 0 Å². The summed E-state index contributed by atoms with van der Waals surface area (Å²) in [5, 5.41) is 0. The third kappa shape index (κ3) is 3.19. The molecule has 0 aromatic heterocycles. The van der Waals surface area contributed by atoms with Gasteiger partial charge in [-0.05, 0) is 26.2 Å². The maximum absolute atomic E-state index is 11.0. The topological polar surface area (TPSA) is 35.5 Å². The molecular formula is C10H16O3. The third-order valence-corrected chi connectivity index (χ3v) is 2.22. The summed E-state index contributed by atoms with van der Waals surface area (Å²) in [4.78, 5) is 11.0. The molecule has 0 aliphatic carbocycles. The van der Waals surface area contributed by atoms with E-state index < -0.39 is 0 Å². The molecule has 0 spiro atoms. The molecule has 74 valence electrons. The molecule has 1 rings (SSSR count). The van der Waals surface area contributed by atoms with Gasteiger partial charge in [-0.1, -0.05) is 6.08 Å². The number of hydrogen-bond acceptors (Lipinski definition) is 3. The van der Waals surface area contributed by atoms with Crippen LogP contribution in [0.25, 0.3) is 0 Å². The molecule has 13 heavy (non-hydrogen) atoms. The monoisotopic (exact) mass is 184 g/mol. The van der Waals surface area contributed by atoms with Crippen molar-refractivity contribution in [3.05, 3.63) is 11.6 Å². The molecule has 0 aromatic rings. The van der Waals surface area contributed by atoms with E-state index in [2.05, 4.69) is 4.74 Å². The first-order valence-corrected chi connectivity index (χ1v) is 4.60. The van der Waals surface area contributed by atoms with E-state index in [4.69, 9.17) is 4.74 Å². The summed E-state index contributed by atoms with van der Waals surface area (Å²) in [7, 11) is 1.39. The molecule has 1 saturated heterocycles. The Kier molecular flexibility index (Phi) is 3.96. The lowest BCUT2D eigenvalue weighted by Crippen LogP contribution is -2.06. The maximum Gasteiger partial charge on any atom is 0.333 e. The van der Waals surface area contributed by atoms with Crippen molar-refractivity contribution in [1.82, 2.24) is 0 Å². The van der Waals surface area contributed by atoms with Crippen LogP contribution in [0, 0.1) is 0 Å². The molecule has 3 heteroatoms. The van der Waals surface area contributed by atoms with Gasteiger partial charge in [-0.15, -0.1) is 0 Å². The summed E-state index contributed by atoms with van der Waals surface area (Å²) < 4.78 is 10.00. The third-order valence-electron chi connectivity index (χ3n) is 2.22. The van der Waals surface area contributed by atoms with E-state index in [1.807, 2.05) is 6.08 Å². The highest BCUT2D eigenvalue weighted by atomic mass is 16.5. The van der Waals surface area contributed by atoms with E-state index in [9.17, 15) is 4.79 Å². The normalized spacial score (nSPS) is 23.2. The fraction of sp³-hybridized carbons (Fsp3) is 0.700. The highest BCUT2D eigenvalue weighted by Gasteiger charge is 2.14. The minimum Gasteiger partial charge on any atom is -0.466 e. The van der Waals surface area contributed by atoms with Crippen LogP contribution in [0.1, 0.15) is 26.2 Å². The Hall–Kier alpha value is -0.830. The lowest BCUT2D eigenvalue weighted by Gasteiger charge is -2.05. The second-order valence-corrected chi connectivity index (χ2v) is 3.25. The molecule has 0 amide bonds. The lowest BCUT2D eigenvalue weighted by molar-refractivity contribution is -0.136. The Morgan fingerprint density at radius 2 is 2.46 bits per heavy atom. The maximum atomic E-state index is 11.0. The molecule has 1 unspecified atom stereocenters. The smallest absolute Gasteiger partial charge is 0.333 e. The fourth-order valence-electron chi connectivity index (χ4n) is 1.38. The largest absolute Gasteiger partial charge is 0.466 e. The zero-order valence-electron chi connectivity index (χ0n) is 8.21. The first-order chi connectivity index (χ1) is 6.24. The van der Waals surface area contributed by atoms with Gasteiger partial charge in [0.2, 0.25) is 0 Å². The highest BCUT2D eigenvalue weighted by Crippen LogP contribution is 2.16. The van der Waals surface area contributed by atoms with Crippen LogP contribution in [-0.2, 0) is 14.3 Å². The molecule has 0 N–H and O–H groups in total. The van der Waals surface area contributed by atoms with Gasteiger partial charge in [-0.2, -0.15) is 0 Å². The summed E-state index contributed by atoms with van der Waals surface area (Å²) in [5.41, 5.74) is 0.665. The zero-order chi connectivity index (χ0) is 9.68. The van der Waals surface area contributed by atoms with Gasteiger partial charge in [0.15, 0.2) is 0 Å². The second kappa shape index (κ2) is 5.02. The van der Waals surface area contributed by atoms with Gasteiger partial charge in [0.1, 0.15) is 0 Å². The summed E-state index contributed by atoms with van der Waals surface area (Å²) in [6.45, 7) is 2.62. The summed E-state index contributed by atoms with van der Waals surface area (Å²) in [6, 6.07) is 0. The minimum absolute atomic E-state index is 0.252. The summed E-state index contributed by atoms with van der Waals surface area (Å²) >= 11 is 0. The number of methoxy groups -OCH3 is 1. The molecule has 1 fully saturated rings. The van der Waals surface area contributed by atoms with Gasteiger partial charge in [-0.25, -0.2) is 4.79 Å². The molecule has 1 aliphatic heterocycles. The van der Waals surface area contributed by atoms with E-state index in [0.29, 0.717) is 11.7 Å². The van der Waals surface area contributed by atoms with Crippen molar-refractivity contribution >= 4 is 5.97 Å². The average Bonchev–Trinajstić information content (AvgIpc) is 2.65. The van der Waals surface area contributed by atoms with Crippen molar-refractivity contribution < 1.29 is 14.3 Å².